The molecule has 1 aromatic carbocycles. The van der Waals surface area contributed by atoms with E-state index in [4.69, 9.17) is 11.6 Å². The van der Waals surface area contributed by atoms with Crippen molar-refractivity contribution in [2.75, 3.05) is 32.7 Å². The van der Waals surface area contributed by atoms with Crippen LogP contribution in [0, 0.1) is 5.82 Å². The first kappa shape index (κ1) is 22.0. The van der Waals surface area contributed by atoms with Crippen LogP contribution in [-0.4, -0.2) is 76.7 Å². The summed E-state index contributed by atoms with van der Waals surface area (Å²) in [5.74, 6) is -1.60. The lowest BCUT2D eigenvalue weighted by Gasteiger charge is -2.35. The minimum Gasteiger partial charge on any atom is -0.338 e. The normalized spacial score (nSPS) is 18.6. The van der Waals surface area contributed by atoms with E-state index in [1.165, 1.54) is 21.9 Å². The molecule has 0 aliphatic carbocycles. The van der Waals surface area contributed by atoms with Gasteiger partial charge in [0.15, 0.2) is 0 Å². The van der Waals surface area contributed by atoms with Crippen molar-refractivity contribution in [3.05, 3.63) is 34.6 Å². The maximum absolute atomic E-state index is 13.2. The number of rotatable bonds is 5. The first-order valence-electron chi connectivity index (χ1n) is 9.88. The quantitative estimate of drug-likeness (QED) is 0.711. The fraction of sp³-hybridized carbons (Fsp3) is 0.500. The van der Waals surface area contributed by atoms with Crippen LogP contribution >= 0.6 is 11.6 Å². The smallest absolute Gasteiger partial charge is 0.325 e. The molecule has 10 heteroatoms. The second-order valence-electron chi connectivity index (χ2n) is 7.41. The Morgan fingerprint density at radius 2 is 1.70 bits per heavy atom. The summed E-state index contributed by atoms with van der Waals surface area (Å²) in [4.78, 5) is 54.2. The minimum absolute atomic E-state index is 0.0346. The molecule has 0 unspecified atom stereocenters. The number of nitrogens with zero attached hydrogens (tertiary/aromatic N) is 3. The van der Waals surface area contributed by atoms with Gasteiger partial charge in [-0.15, -0.1) is 0 Å². The van der Waals surface area contributed by atoms with Crippen LogP contribution in [0.2, 0.25) is 5.02 Å². The van der Waals surface area contributed by atoms with Crippen molar-refractivity contribution in [1.82, 2.24) is 20.0 Å². The summed E-state index contributed by atoms with van der Waals surface area (Å²) in [6.45, 7) is 4.37. The maximum atomic E-state index is 13.2. The van der Waals surface area contributed by atoms with E-state index < -0.39 is 17.4 Å². The molecule has 2 saturated heterocycles. The Bertz CT molecular complexity index is 882. The zero-order valence-electron chi connectivity index (χ0n) is 16.9. The Morgan fingerprint density at radius 3 is 2.23 bits per heavy atom. The summed E-state index contributed by atoms with van der Waals surface area (Å²) in [6, 6.07) is 3.03. The van der Waals surface area contributed by atoms with Gasteiger partial charge in [-0.05, 0) is 31.0 Å². The van der Waals surface area contributed by atoms with E-state index in [-0.39, 0.29) is 61.0 Å². The van der Waals surface area contributed by atoms with Crippen LogP contribution in [0.5, 0.6) is 0 Å². The molecule has 0 aromatic heterocycles. The highest BCUT2D eigenvalue weighted by atomic mass is 35.5. The van der Waals surface area contributed by atoms with E-state index in [1.807, 2.05) is 13.8 Å². The Balaban J connectivity index is 1.59. The predicted octanol–water partition coefficient (Wildman–Crippen LogP) is 1.87. The highest BCUT2D eigenvalue weighted by molar-refractivity contribution is 6.33. The molecule has 0 spiro atoms. The van der Waals surface area contributed by atoms with E-state index in [9.17, 15) is 23.6 Å². The maximum Gasteiger partial charge on any atom is 0.325 e. The lowest BCUT2D eigenvalue weighted by molar-refractivity contribution is -0.139. The molecule has 0 atom stereocenters. The molecule has 2 heterocycles. The molecule has 2 fully saturated rings. The van der Waals surface area contributed by atoms with Crippen molar-refractivity contribution in [2.24, 2.45) is 0 Å². The summed E-state index contributed by atoms with van der Waals surface area (Å²) in [5, 5.41) is 2.73. The Hall–Kier alpha value is -2.68. The Kier molecular flexibility index (Phi) is 6.30. The molecule has 2 aliphatic rings. The number of amides is 5. The van der Waals surface area contributed by atoms with Gasteiger partial charge in [-0.2, -0.15) is 0 Å². The van der Waals surface area contributed by atoms with E-state index in [2.05, 4.69) is 5.32 Å². The molecule has 5 amide bonds. The van der Waals surface area contributed by atoms with Gasteiger partial charge in [-0.1, -0.05) is 25.4 Å². The van der Waals surface area contributed by atoms with Crippen molar-refractivity contribution in [3.63, 3.8) is 0 Å². The largest absolute Gasteiger partial charge is 0.338 e. The topological polar surface area (TPSA) is 90.0 Å². The number of urea groups is 1. The molecule has 0 radical (unpaired) electrons. The third-order valence-electron chi connectivity index (χ3n) is 5.83. The van der Waals surface area contributed by atoms with Crippen molar-refractivity contribution in [2.45, 2.75) is 32.2 Å². The van der Waals surface area contributed by atoms with Crippen LogP contribution < -0.4 is 5.32 Å². The molecule has 8 nitrogen and oxygen atoms in total. The predicted molar refractivity (Wildman–Crippen MR) is 107 cm³/mol. The number of benzene rings is 1. The molecule has 162 valence electrons. The fourth-order valence-corrected chi connectivity index (χ4v) is 4.02. The van der Waals surface area contributed by atoms with Crippen LogP contribution in [0.15, 0.2) is 18.2 Å². The monoisotopic (exact) mass is 438 g/mol. The number of carbonyl (C=O) groups excluding carboxylic acids is 4. The third kappa shape index (κ3) is 3.98. The second-order valence-corrected chi connectivity index (χ2v) is 7.82. The van der Waals surface area contributed by atoms with E-state index >= 15 is 0 Å². The average molecular weight is 439 g/mol. The van der Waals surface area contributed by atoms with Gasteiger partial charge < -0.3 is 15.1 Å². The van der Waals surface area contributed by atoms with Gasteiger partial charge >= 0.3 is 6.03 Å². The van der Waals surface area contributed by atoms with Gasteiger partial charge in [0.25, 0.3) is 11.8 Å². The number of carbonyl (C=O) groups is 4. The second kappa shape index (κ2) is 8.59. The highest BCUT2D eigenvalue weighted by Gasteiger charge is 2.49. The molecule has 1 aromatic rings. The van der Waals surface area contributed by atoms with Crippen molar-refractivity contribution < 1.29 is 23.6 Å². The molecule has 2 aliphatic heterocycles. The zero-order chi connectivity index (χ0) is 22.1. The molecular formula is C20H24ClFN4O4. The first-order valence-corrected chi connectivity index (χ1v) is 10.3. The number of halogens is 2. The van der Waals surface area contributed by atoms with Gasteiger partial charge in [0.05, 0.1) is 10.6 Å². The molecule has 30 heavy (non-hydrogen) atoms. The fourth-order valence-electron chi connectivity index (χ4n) is 3.78. The first-order chi connectivity index (χ1) is 14.2. The van der Waals surface area contributed by atoms with Crippen molar-refractivity contribution >= 4 is 35.4 Å². The Labute approximate surface area is 178 Å². The third-order valence-corrected chi connectivity index (χ3v) is 6.14. The number of hydrogen-bond donors (Lipinski definition) is 1. The average Bonchev–Trinajstić information content (AvgIpc) is 2.98. The number of imide groups is 1. The highest BCUT2D eigenvalue weighted by Crippen LogP contribution is 2.25. The van der Waals surface area contributed by atoms with Crippen molar-refractivity contribution in [1.29, 1.82) is 0 Å². The van der Waals surface area contributed by atoms with E-state index in [1.54, 1.807) is 0 Å². The summed E-state index contributed by atoms with van der Waals surface area (Å²) < 4.78 is 13.2. The molecule has 0 saturated carbocycles. The summed E-state index contributed by atoms with van der Waals surface area (Å²) in [7, 11) is 0. The molecule has 3 rings (SSSR count). The summed E-state index contributed by atoms with van der Waals surface area (Å²) in [5.41, 5.74) is -0.746. The lowest BCUT2D eigenvalue weighted by atomic mass is 9.93. The lowest BCUT2D eigenvalue weighted by Crippen LogP contribution is -2.53. The summed E-state index contributed by atoms with van der Waals surface area (Å²) in [6.07, 6.45) is 0.900. The standard InChI is InChI=1S/C20H24ClFN4O4/c1-3-20(4-2)18(29)26(19(30)23-20)12-16(27)24-7-9-25(10-8-24)17(28)14-6-5-13(22)11-15(14)21/h5-6,11H,3-4,7-10,12H2,1-2H3,(H,23,30). The van der Waals surface area contributed by atoms with Crippen LogP contribution in [0.4, 0.5) is 9.18 Å². The van der Waals surface area contributed by atoms with Crippen LogP contribution in [-0.2, 0) is 9.59 Å². The van der Waals surface area contributed by atoms with Gasteiger partial charge in [-0.25, -0.2) is 9.18 Å². The van der Waals surface area contributed by atoms with E-state index in [0.29, 0.717) is 12.8 Å². The van der Waals surface area contributed by atoms with Crippen LogP contribution in [0.1, 0.15) is 37.0 Å². The molecular weight excluding hydrogens is 415 g/mol. The zero-order valence-corrected chi connectivity index (χ0v) is 17.7. The number of hydrogen-bond acceptors (Lipinski definition) is 4. The number of nitrogens with one attached hydrogen (secondary N) is 1. The van der Waals surface area contributed by atoms with Gasteiger partial charge in [-0.3, -0.25) is 19.3 Å². The van der Waals surface area contributed by atoms with Crippen LogP contribution in [0.3, 0.4) is 0 Å². The van der Waals surface area contributed by atoms with Gasteiger partial charge in [0.1, 0.15) is 17.9 Å². The van der Waals surface area contributed by atoms with Gasteiger partial charge in [0, 0.05) is 26.2 Å². The SMILES string of the molecule is CCC1(CC)NC(=O)N(CC(=O)N2CCN(C(=O)c3ccc(F)cc3Cl)CC2)C1=O. The molecule has 0 bridgehead atoms. The summed E-state index contributed by atoms with van der Waals surface area (Å²) >= 11 is 5.96. The van der Waals surface area contributed by atoms with Crippen molar-refractivity contribution in [3.8, 4) is 0 Å². The van der Waals surface area contributed by atoms with E-state index in [0.717, 1.165) is 11.0 Å². The Morgan fingerprint density at radius 1 is 1.10 bits per heavy atom. The van der Waals surface area contributed by atoms with Gasteiger partial charge in [0.2, 0.25) is 5.91 Å². The number of piperazine rings is 1. The molecule has 1 N–H and O–H groups in total. The minimum atomic E-state index is -0.948. The van der Waals surface area contributed by atoms with Crippen LogP contribution in [0.25, 0.3) is 0 Å².